The quantitative estimate of drug-likeness (QED) is 0.261. The van der Waals surface area contributed by atoms with Crippen LogP contribution in [0, 0.1) is 23.7 Å². The summed E-state index contributed by atoms with van der Waals surface area (Å²) in [6, 6.07) is 7.20. The van der Waals surface area contributed by atoms with Crippen molar-refractivity contribution in [2.75, 3.05) is 47.8 Å². The van der Waals surface area contributed by atoms with Crippen LogP contribution in [0.15, 0.2) is 39.0 Å². The van der Waals surface area contributed by atoms with E-state index in [1.165, 1.54) is 14.2 Å². The molecule has 3 N–H and O–H groups in total. The third kappa shape index (κ3) is 8.47. The molecule has 2 amide bonds. The van der Waals surface area contributed by atoms with Crippen molar-refractivity contribution < 1.29 is 43.2 Å². The van der Waals surface area contributed by atoms with Gasteiger partial charge in [0.1, 0.15) is 28.3 Å². The third-order valence-corrected chi connectivity index (χ3v) is 10.0. The first-order valence-corrected chi connectivity index (χ1v) is 17.5. The summed E-state index contributed by atoms with van der Waals surface area (Å²) in [7, 11) is 4.39. The molecule has 0 saturated carbocycles. The molecule has 0 unspecified atom stereocenters. The lowest BCUT2D eigenvalue weighted by molar-refractivity contribution is -0.155. The second kappa shape index (κ2) is 17.3. The Kier molecular flexibility index (Phi) is 13.4. The van der Waals surface area contributed by atoms with Gasteiger partial charge >= 0.3 is 5.97 Å². The Morgan fingerprint density at radius 3 is 1.96 bits per heavy atom. The smallest absolute Gasteiger partial charge is 0.331 e. The zero-order valence-electron chi connectivity index (χ0n) is 28.6. The van der Waals surface area contributed by atoms with Crippen molar-refractivity contribution in [1.82, 2.24) is 10.6 Å². The van der Waals surface area contributed by atoms with Crippen LogP contribution in [0.4, 0.5) is 0 Å². The van der Waals surface area contributed by atoms with E-state index in [0.717, 1.165) is 15.6 Å². The highest BCUT2D eigenvalue weighted by atomic mass is 79.9. The molecular formula is C37H40Br2N2O9. The number of halogens is 2. The Morgan fingerprint density at radius 2 is 1.42 bits per heavy atom. The van der Waals surface area contributed by atoms with Gasteiger partial charge in [0.25, 0.3) is 5.91 Å². The van der Waals surface area contributed by atoms with E-state index in [2.05, 4.69) is 66.2 Å². The van der Waals surface area contributed by atoms with Crippen LogP contribution in [-0.2, 0) is 35.0 Å². The van der Waals surface area contributed by atoms with Crippen molar-refractivity contribution in [2.24, 2.45) is 0 Å². The number of benzene rings is 2. The van der Waals surface area contributed by atoms with E-state index in [-0.39, 0.29) is 29.6 Å². The molecule has 2 aromatic rings. The van der Waals surface area contributed by atoms with Crippen LogP contribution < -0.4 is 20.1 Å². The number of rotatable bonds is 7. The number of nitrogens with one attached hydrogen (secondary N) is 2. The molecule has 5 rings (SSSR count). The predicted octanol–water partition coefficient (Wildman–Crippen LogP) is 4.99. The average molecular weight is 817 g/mol. The van der Waals surface area contributed by atoms with Gasteiger partial charge in [0.15, 0.2) is 0 Å². The number of ether oxygens (including phenoxy) is 5. The maximum absolute atomic E-state index is 12.7. The molecule has 0 radical (unpaired) electrons. The maximum atomic E-state index is 12.7. The first-order valence-electron chi connectivity index (χ1n) is 15.9. The van der Waals surface area contributed by atoms with Crippen molar-refractivity contribution in [3.63, 3.8) is 0 Å². The van der Waals surface area contributed by atoms with Gasteiger partial charge < -0.3 is 39.4 Å². The molecule has 2 fully saturated rings. The molecule has 0 bridgehead atoms. The Labute approximate surface area is 309 Å². The number of hydrogen-bond donors (Lipinski definition) is 3. The highest BCUT2D eigenvalue weighted by Crippen LogP contribution is 2.43. The molecule has 0 atom stereocenters. The first-order chi connectivity index (χ1) is 24.0. The van der Waals surface area contributed by atoms with Crippen LogP contribution in [0.2, 0.25) is 0 Å². The summed E-state index contributed by atoms with van der Waals surface area (Å²) in [5, 5.41) is 16.6. The van der Waals surface area contributed by atoms with Gasteiger partial charge in [-0.05, 0) is 54.0 Å². The fraction of sp³-hybridized carbons (Fsp3) is 0.432. The van der Waals surface area contributed by atoms with Crippen molar-refractivity contribution in [2.45, 2.75) is 57.0 Å². The van der Waals surface area contributed by atoms with Gasteiger partial charge in [-0.2, -0.15) is 0 Å². The van der Waals surface area contributed by atoms with Gasteiger partial charge in [0, 0.05) is 83.3 Å². The second-order valence-corrected chi connectivity index (χ2v) is 13.4. The topological polar surface area (TPSA) is 142 Å². The summed E-state index contributed by atoms with van der Waals surface area (Å²) in [6.45, 7) is 5.30. The van der Waals surface area contributed by atoms with E-state index >= 15 is 0 Å². The van der Waals surface area contributed by atoms with Gasteiger partial charge in [-0.15, -0.1) is 11.8 Å². The summed E-state index contributed by atoms with van der Waals surface area (Å²) in [5.41, 5.74) is 1.25. The molecule has 266 valence electrons. The minimum absolute atomic E-state index is 0.0587. The van der Waals surface area contributed by atoms with E-state index in [1.807, 2.05) is 12.1 Å². The molecule has 3 aliphatic heterocycles. The Bertz CT molecular complexity index is 1790. The van der Waals surface area contributed by atoms with Gasteiger partial charge in [-0.3, -0.25) is 9.59 Å². The number of esters is 1. The van der Waals surface area contributed by atoms with E-state index < -0.39 is 17.0 Å². The zero-order chi connectivity index (χ0) is 36.5. The van der Waals surface area contributed by atoms with Gasteiger partial charge in [0.2, 0.25) is 5.91 Å². The molecule has 0 aromatic heterocycles. The fourth-order valence-electron chi connectivity index (χ4n) is 6.15. The molecule has 3 aliphatic rings. The number of aliphatic hydroxyl groups excluding tert-OH is 1. The van der Waals surface area contributed by atoms with Crippen LogP contribution in [-0.4, -0.2) is 81.7 Å². The van der Waals surface area contributed by atoms with E-state index in [9.17, 15) is 19.5 Å². The average Bonchev–Trinajstić information content (AvgIpc) is 3.33. The molecule has 2 saturated heterocycles. The molecule has 13 heteroatoms. The van der Waals surface area contributed by atoms with E-state index in [1.54, 1.807) is 33.1 Å². The minimum Gasteiger partial charge on any atom is -0.509 e. The number of carbonyl (C=O) groups excluding carboxylic acids is 3. The summed E-state index contributed by atoms with van der Waals surface area (Å²) in [5.74, 6) is 11.7. The second-order valence-electron chi connectivity index (χ2n) is 11.7. The van der Waals surface area contributed by atoms with E-state index in [4.69, 9.17) is 23.7 Å². The van der Waals surface area contributed by atoms with Crippen LogP contribution in [0.1, 0.15) is 61.8 Å². The summed E-state index contributed by atoms with van der Waals surface area (Å²) >= 11 is 6.97. The number of hydrogen-bond acceptors (Lipinski definition) is 9. The maximum Gasteiger partial charge on any atom is 0.331 e. The Balaban J connectivity index is 0.000000225. The van der Waals surface area contributed by atoms with Crippen LogP contribution in [0.5, 0.6) is 11.5 Å². The molecule has 1 spiro atoms. The molecule has 3 heterocycles. The highest BCUT2D eigenvalue weighted by Gasteiger charge is 2.48. The Morgan fingerprint density at radius 1 is 0.880 bits per heavy atom. The van der Waals surface area contributed by atoms with Gasteiger partial charge in [-0.1, -0.05) is 27.8 Å². The first kappa shape index (κ1) is 38.8. The van der Waals surface area contributed by atoms with Crippen molar-refractivity contribution in [3.05, 3.63) is 61.2 Å². The van der Waals surface area contributed by atoms with Gasteiger partial charge in [0.05, 0.1) is 33.3 Å². The van der Waals surface area contributed by atoms with Crippen molar-refractivity contribution in [3.8, 4) is 35.2 Å². The van der Waals surface area contributed by atoms with Crippen molar-refractivity contribution in [1.29, 1.82) is 0 Å². The SMILES string of the molecule is CC#Cc1cc(Br)c(C2=C(O)C3(CCOCC3)NC2=O)c(OC)c1.CC#Cc1cc(Br)c(CC(=O)NC2(C(=O)OC)CCOCC2)c(OC)c1. The van der Waals surface area contributed by atoms with Crippen LogP contribution >= 0.6 is 31.9 Å². The number of amides is 2. The molecule has 2 aromatic carbocycles. The Hall–Kier alpha value is -4.01. The highest BCUT2D eigenvalue weighted by molar-refractivity contribution is 9.10. The van der Waals surface area contributed by atoms with Gasteiger partial charge in [-0.25, -0.2) is 4.79 Å². The zero-order valence-corrected chi connectivity index (χ0v) is 31.8. The lowest BCUT2D eigenvalue weighted by Crippen LogP contribution is -2.58. The monoisotopic (exact) mass is 814 g/mol. The molecule has 50 heavy (non-hydrogen) atoms. The van der Waals surface area contributed by atoms with Crippen LogP contribution in [0.3, 0.4) is 0 Å². The third-order valence-electron chi connectivity index (χ3n) is 8.69. The van der Waals surface area contributed by atoms with Crippen molar-refractivity contribution >= 4 is 55.2 Å². The summed E-state index contributed by atoms with van der Waals surface area (Å²) in [6.07, 6.45) is 1.92. The summed E-state index contributed by atoms with van der Waals surface area (Å²) in [4.78, 5) is 37.5. The standard InChI is InChI=1S/C19H22BrNO5.C18H18BrNO4/c1-4-5-13-10-15(20)14(16(11-13)24-2)12-17(22)21-19(18(23)25-3)6-8-26-9-7-19;1-3-4-11-9-12(19)14(13(10-11)23-2)15-16(21)18(20-17(15)22)5-7-24-8-6-18/h10-11H,6-9,12H2,1-3H3,(H,21,22);9-10,21H,5-8H2,1-2H3,(H,20,22). The number of carbonyl (C=O) groups is 3. The summed E-state index contributed by atoms with van der Waals surface area (Å²) < 4.78 is 27.8. The lowest BCUT2D eigenvalue weighted by atomic mass is 9.88. The fourth-order valence-corrected chi connectivity index (χ4v) is 7.37. The molecule has 0 aliphatic carbocycles. The minimum atomic E-state index is -1.04. The molecule has 11 nitrogen and oxygen atoms in total. The van der Waals surface area contributed by atoms with E-state index in [0.29, 0.717) is 79.2 Å². The van der Waals surface area contributed by atoms with Crippen LogP contribution in [0.25, 0.3) is 5.57 Å². The number of methoxy groups -OCH3 is 3. The normalized spacial score (nSPS) is 17.1. The predicted molar refractivity (Wildman–Crippen MR) is 194 cm³/mol. The number of aliphatic hydroxyl groups is 1. The largest absolute Gasteiger partial charge is 0.509 e. The lowest BCUT2D eigenvalue weighted by Gasteiger charge is -2.35. The molecular weight excluding hydrogens is 776 g/mol.